The van der Waals surface area contributed by atoms with Crippen molar-refractivity contribution in [3.8, 4) is 5.75 Å². The van der Waals surface area contributed by atoms with Crippen LogP contribution in [-0.4, -0.2) is 33.7 Å². The number of ether oxygens (including phenoxy) is 1. The standard InChI is InChI=1S/C14H19ClN2O3S.ClH/c1-9-5-10-6-12(7-13(15)14(10)20-9)21(18,19)17-8-11-3-2-4-16-11;/h6-7,9,11,16-17H,2-5,8H2,1H3;1H. The normalized spacial score (nSPS) is 23.7. The second-order valence-corrected chi connectivity index (χ2v) is 7.85. The van der Waals surface area contributed by atoms with Crippen LogP contribution >= 0.6 is 24.0 Å². The summed E-state index contributed by atoms with van der Waals surface area (Å²) in [6.07, 6.45) is 2.80. The predicted octanol–water partition coefficient (Wildman–Crippen LogP) is 2.12. The van der Waals surface area contributed by atoms with Crippen molar-refractivity contribution >= 4 is 34.0 Å². The lowest BCUT2D eigenvalue weighted by molar-refractivity contribution is 0.255. The van der Waals surface area contributed by atoms with Crippen LogP contribution in [0.3, 0.4) is 0 Å². The molecule has 0 bridgehead atoms. The first-order valence-corrected chi connectivity index (χ1v) is 9.04. The molecule has 2 unspecified atom stereocenters. The van der Waals surface area contributed by atoms with Gasteiger partial charge in [-0.25, -0.2) is 13.1 Å². The third kappa shape index (κ3) is 3.68. The molecule has 1 aromatic rings. The number of fused-ring (bicyclic) bond motifs is 1. The minimum Gasteiger partial charge on any atom is -0.489 e. The minimum atomic E-state index is -3.54. The maximum absolute atomic E-state index is 12.4. The average molecular weight is 367 g/mol. The van der Waals surface area contributed by atoms with Crippen LogP contribution in [0.4, 0.5) is 0 Å². The van der Waals surface area contributed by atoms with Crippen molar-refractivity contribution in [3.63, 3.8) is 0 Å². The smallest absolute Gasteiger partial charge is 0.240 e. The molecule has 0 spiro atoms. The van der Waals surface area contributed by atoms with Crippen LogP contribution in [-0.2, 0) is 16.4 Å². The molecule has 5 nitrogen and oxygen atoms in total. The lowest BCUT2D eigenvalue weighted by atomic mass is 10.1. The number of rotatable bonds is 4. The molecule has 2 N–H and O–H groups in total. The molecule has 0 amide bonds. The van der Waals surface area contributed by atoms with Crippen LogP contribution in [0.25, 0.3) is 0 Å². The zero-order valence-electron chi connectivity index (χ0n) is 12.3. The van der Waals surface area contributed by atoms with Gasteiger partial charge in [-0.3, -0.25) is 0 Å². The van der Waals surface area contributed by atoms with E-state index in [9.17, 15) is 8.42 Å². The quantitative estimate of drug-likeness (QED) is 0.856. The molecule has 1 aromatic carbocycles. The Morgan fingerprint density at radius 1 is 1.45 bits per heavy atom. The fraction of sp³-hybridized carbons (Fsp3) is 0.571. The molecule has 22 heavy (non-hydrogen) atoms. The molecule has 2 aliphatic heterocycles. The summed E-state index contributed by atoms with van der Waals surface area (Å²) in [7, 11) is -3.54. The van der Waals surface area contributed by atoms with Crippen molar-refractivity contribution in [3.05, 3.63) is 22.7 Å². The first kappa shape index (κ1) is 17.8. The van der Waals surface area contributed by atoms with Gasteiger partial charge in [0.15, 0.2) is 0 Å². The van der Waals surface area contributed by atoms with E-state index in [-0.39, 0.29) is 29.4 Å². The average Bonchev–Trinajstić information content (AvgIpc) is 3.05. The largest absolute Gasteiger partial charge is 0.489 e. The van der Waals surface area contributed by atoms with Gasteiger partial charge in [0.2, 0.25) is 10.0 Å². The summed E-state index contributed by atoms with van der Waals surface area (Å²) < 4.78 is 33.0. The maximum Gasteiger partial charge on any atom is 0.240 e. The molecule has 0 aromatic heterocycles. The summed E-state index contributed by atoms with van der Waals surface area (Å²) in [4.78, 5) is 0.210. The zero-order valence-corrected chi connectivity index (χ0v) is 14.7. The first-order chi connectivity index (χ1) is 9.95. The third-order valence-corrected chi connectivity index (χ3v) is 5.60. The second-order valence-electron chi connectivity index (χ2n) is 5.67. The van der Waals surface area contributed by atoms with Gasteiger partial charge >= 0.3 is 0 Å². The summed E-state index contributed by atoms with van der Waals surface area (Å²) in [5.41, 5.74) is 0.856. The number of hydrogen-bond donors (Lipinski definition) is 2. The third-order valence-electron chi connectivity index (χ3n) is 3.91. The van der Waals surface area contributed by atoms with E-state index in [1.807, 2.05) is 6.92 Å². The van der Waals surface area contributed by atoms with E-state index in [0.29, 0.717) is 23.7 Å². The molecule has 3 rings (SSSR count). The highest BCUT2D eigenvalue weighted by molar-refractivity contribution is 7.89. The van der Waals surface area contributed by atoms with Gasteiger partial charge in [0, 0.05) is 24.6 Å². The van der Waals surface area contributed by atoms with Gasteiger partial charge in [0.05, 0.1) is 9.92 Å². The summed E-state index contributed by atoms with van der Waals surface area (Å²) in [6, 6.07) is 3.34. The highest BCUT2D eigenvalue weighted by Gasteiger charge is 2.26. The minimum absolute atomic E-state index is 0. The van der Waals surface area contributed by atoms with Crippen LogP contribution in [0.15, 0.2) is 17.0 Å². The van der Waals surface area contributed by atoms with Gasteiger partial charge in [0.1, 0.15) is 11.9 Å². The Hall–Kier alpha value is -0.530. The Morgan fingerprint density at radius 2 is 2.23 bits per heavy atom. The fourth-order valence-corrected chi connectivity index (χ4v) is 4.34. The molecule has 124 valence electrons. The Bertz CT molecular complexity index is 646. The van der Waals surface area contributed by atoms with Gasteiger partial charge in [0.25, 0.3) is 0 Å². The van der Waals surface area contributed by atoms with Crippen LogP contribution in [0.2, 0.25) is 5.02 Å². The topological polar surface area (TPSA) is 67.4 Å². The molecule has 0 radical (unpaired) electrons. The number of benzene rings is 1. The van der Waals surface area contributed by atoms with E-state index in [4.69, 9.17) is 16.3 Å². The molecular weight excluding hydrogens is 347 g/mol. The number of hydrogen-bond acceptors (Lipinski definition) is 4. The first-order valence-electron chi connectivity index (χ1n) is 7.18. The van der Waals surface area contributed by atoms with E-state index in [0.717, 1.165) is 24.9 Å². The summed E-state index contributed by atoms with van der Waals surface area (Å²) in [5, 5.41) is 3.62. The van der Waals surface area contributed by atoms with Crippen molar-refractivity contribution in [1.29, 1.82) is 0 Å². The summed E-state index contributed by atoms with van der Waals surface area (Å²) >= 11 is 6.14. The molecule has 8 heteroatoms. The van der Waals surface area contributed by atoms with Crippen molar-refractivity contribution in [1.82, 2.24) is 10.0 Å². The molecule has 2 heterocycles. The van der Waals surface area contributed by atoms with Crippen molar-refractivity contribution < 1.29 is 13.2 Å². The monoisotopic (exact) mass is 366 g/mol. The predicted molar refractivity (Wildman–Crippen MR) is 88.7 cm³/mol. The Balaban J connectivity index is 0.00000176. The second kappa shape index (κ2) is 6.93. The van der Waals surface area contributed by atoms with E-state index in [2.05, 4.69) is 10.0 Å². The number of sulfonamides is 1. The molecule has 2 aliphatic rings. The fourth-order valence-electron chi connectivity index (χ4n) is 2.84. The van der Waals surface area contributed by atoms with E-state index in [1.54, 1.807) is 6.07 Å². The summed E-state index contributed by atoms with van der Waals surface area (Å²) in [6.45, 7) is 3.30. The zero-order chi connectivity index (χ0) is 15.0. The van der Waals surface area contributed by atoms with Crippen LogP contribution in [0, 0.1) is 0 Å². The van der Waals surface area contributed by atoms with Crippen LogP contribution < -0.4 is 14.8 Å². The highest BCUT2D eigenvalue weighted by atomic mass is 35.5. The van der Waals surface area contributed by atoms with Gasteiger partial charge < -0.3 is 10.1 Å². The van der Waals surface area contributed by atoms with E-state index < -0.39 is 10.0 Å². The van der Waals surface area contributed by atoms with Crippen molar-refractivity contribution in [2.45, 2.75) is 43.2 Å². The molecule has 2 atom stereocenters. The van der Waals surface area contributed by atoms with Gasteiger partial charge in [-0.2, -0.15) is 0 Å². The molecule has 1 fully saturated rings. The van der Waals surface area contributed by atoms with E-state index in [1.165, 1.54) is 6.07 Å². The Labute approximate surface area is 142 Å². The van der Waals surface area contributed by atoms with Crippen LogP contribution in [0.5, 0.6) is 5.75 Å². The van der Waals surface area contributed by atoms with Gasteiger partial charge in [-0.1, -0.05) is 11.6 Å². The molecular formula is C14H20Cl2N2O3S. The van der Waals surface area contributed by atoms with Gasteiger partial charge in [-0.05, 0) is 38.4 Å². The lowest BCUT2D eigenvalue weighted by Crippen LogP contribution is -2.37. The van der Waals surface area contributed by atoms with Crippen molar-refractivity contribution in [2.75, 3.05) is 13.1 Å². The Morgan fingerprint density at radius 3 is 2.91 bits per heavy atom. The van der Waals surface area contributed by atoms with Crippen molar-refractivity contribution in [2.24, 2.45) is 0 Å². The lowest BCUT2D eigenvalue weighted by Gasteiger charge is -2.13. The van der Waals surface area contributed by atoms with Gasteiger partial charge in [-0.15, -0.1) is 12.4 Å². The molecule has 0 saturated carbocycles. The molecule has 0 aliphatic carbocycles. The Kier molecular flexibility index (Phi) is 5.61. The molecule has 1 saturated heterocycles. The number of halogens is 2. The highest BCUT2D eigenvalue weighted by Crippen LogP contribution is 2.37. The van der Waals surface area contributed by atoms with E-state index >= 15 is 0 Å². The maximum atomic E-state index is 12.4. The SMILES string of the molecule is CC1Cc2cc(S(=O)(=O)NCC3CCCN3)cc(Cl)c2O1.Cl. The van der Waals surface area contributed by atoms with Crippen LogP contribution in [0.1, 0.15) is 25.3 Å². The number of nitrogens with one attached hydrogen (secondary N) is 2. The summed E-state index contributed by atoms with van der Waals surface area (Å²) in [5.74, 6) is 0.612.